The van der Waals surface area contributed by atoms with E-state index in [-0.39, 0.29) is 92.8 Å². The molecule has 0 aromatic heterocycles. The largest absolute Gasteiger partial charge is 0.113 e. The van der Waals surface area contributed by atoms with Gasteiger partial charge in [-0.2, -0.15) is 0 Å². The van der Waals surface area contributed by atoms with Crippen molar-refractivity contribution < 1.29 is 0 Å². The molecule has 0 fully saturated rings. The smallest absolute Gasteiger partial charge is 0.110 e. The third-order valence-electron chi connectivity index (χ3n) is 10.7. The van der Waals surface area contributed by atoms with Gasteiger partial charge in [-0.05, 0) is 82.5 Å². The van der Waals surface area contributed by atoms with Crippen LogP contribution in [0.4, 0.5) is 0 Å². The van der Waals surface area contributed by atoms with Crippen LogP contribution in [0.3, 0.4) is 0 Å². The molecular weight excluding hydrogens is 632 g/mol. The van der Waals surface area contributed by atoms with Gasteiger partial charge in [-0.25, -0.2) is 0 Å². The van der Waals surface area contributed by atoms with E-state index >= 15 is 0 Å². The summed E-state index contributed by atoms with van der Waals surface area (Å²) in [6, 6.07) is 24.1. The molecule has 8 rings (SSSR count). The van der Waals surface area contributed by atoms with Crippen molar-refractivity contribution in [3.05, 3.63) is 72.8 Å². The third kappa shape index (κ3) is 5.18. The molecule has 0 spiro atoms. The van der Waals surface area contributed by atoms with Crippen LogP contribution in [0.25, 0.3) is 76.5 Å². The minimum atomic E-state index is 0.00813. The van der Waals surface area contributed by atoms with Gasteiger partial charge in [-0.1, -0.05) is 105 Å². The van der Waals surface area contributed by atoms with Crippen LogP contribution in [0.5, 0.6) is 0 Å². The molecule has 0 N–H and O–H groups in total. The third-order valence-corrected chi connectivity index (χ3v) is 10.7. The van der Waals surface area contributed by atoms with Gasteiger partial charge in [0, 0.05) is 0 Å². The lowest BCUT2D eigenvalue weighted by Gasteiger charge is -2.30. The molecule has 0 heterocycles. The monoisotopic (exact) mass is 646 g/mol. The van der Waals surface area contributed by atoms with E-state index in [2.05, 4.69) is 30.3 Å². The number of benzene rings is 8. The molecule has 0 saturated heterocycles. The topological polar surface area (TPSA) is 0 Å². The molecular formula is C40H12B14. The van der Waals surface area contributed by atoms with Crippen LogP contribution < -0.4 is 76.5 Å². The van der Waals surface area contributed by atoms with Crippen molar-refractivity contribution in [3.8, 4) is 33.4 Å². The average Bonchev–Trinajstić information content (AvgIpc) is 3.18. The molecule has 8 aromatic rings. The van der Waals surface area contributed by atoms with Crippen molar-refractivity contribution >= 4 is 229 Å². The van der Waals surface area contributed by atoms with Crippen molar-refractivity contribution in [2.45, 2.75) is 0 Å². The van der Waals surface area contributed by atoms with Crippen LogP contribution in [0.15, 0.2) is 72.8 Å². The SMILES string of the molecule is [B]c1cc2c(-c3c([B])c([B])c([B])c4c([B])c([B])c([B])c([B])c34)c3c([B])c([B])c([B])c([B])c3c(-c3ccc(-c4ccc5ccccc5c4)cc3)c2c([B])c1[B]. The van der Waals surface area contributed by atoms with Crippen molar-refractivity contribution in [1.29, 1.82) is 0 Å². The van der Waals surface area contributed by atoms with Crippen molar-refractivity contribution in [3.63, 3.8) is 0 Å². The Hall–Kier alpha value is -4.29. The molecule has 0 saturated carbocycles. The van der Waals surface area contributed by atoms with Crippen LogP contribution in [0, 0.1) is 0 Å². The number of rotatable bonds is 3. The molecule has 28 radical (unpaired) electrons. The summed E-state index contributed by atoms with van der Waals surface area (Å²) in [7, 11) is 93.2. The first kappa shape index (κ1) is 36.7. The predicted molar refractivity (Wildman–Crippen MR) is 248 cm³/mol. The summed E-state index contributed by atoms with van der Waals surface area (Å²) in [6.07, 6.45) is 0. The summed E-state index contributed by atoms with van der Waals surface area (Å²) in [5.74, 6) is 0. The van der Waals surface area contributed by atoms with Gasteiger partial charge >= 0.3 is 0 Å². The number of hydrogen-bond acceptors (Lipinski definition) is 0. The lowest BCUT2D eigenvalue weighted by molar-refractivity contribution is 1.64. The molecule has 0 unspecified atom stereocenters. The van der Waals surface area contributed by atoms with E-state index < -0.39 is 0 Å². The molecule has 14 heteroatoms. The van der Waals surface area contributed by atoms with Gasteiger partial charge in [0.15, 0.2) is 0 Å². The highest BCUT2D eigenvalue weighted by Crippen LogP contribution is 2.42. The fraction of sp³-hybridized carbons (Fsp3) is 0. The average molecular weight is 644 g/mol. The fourth-order valence-electron chi connectivity index (χ4n) is 7.74. The Kier molecular flexibility index (Phi) is 8.95. The van der Waals surface area contributed by atoms with E-state index in [1.54, 1.807) is 6.07 Å². The predicted octanol–water partition coefficient (Wildman–Crippen LogP) is -5.59. The zero-order valence-corrected chi connectivity index (χ0v) is 29.0. The standard InChI is InChI=1S/C40H12B14/c41-19-12-18-21(25-26-27(34(48)36(50)31(25)45)35(49)40(54)39(53)33(26)47)24-23(30(44)37(51)38(52)32(24)46)20(22(18)29(43)28(19)42)15-8-5-14(6-9-15)17-10-7-13-3-1-2-4-16(13)11-17/h1-12H. The minimum absolute atomic E-state index is 0.00813. The van der Waals surface area contributed by atoms with Crippen LogP contribution in [-0.2, 0) is 0 Å². The van der Waals surface area contributed by atoms with Gasteiger partial charge in [-0.3, -0.25) is 0 Å². The van der Waals surface area contributed by atoms with E-state index in [1.807, 2.05) is 36.4 Å². The molecule has 8 aromatic carbocycles. The van der Waals surface area contributed by atoms with Gasteiger partial charge in [0.2, 0.25) is 0 Å². The first-order valence-electron chi connectivity index (χ1n) is 16.8. The van der Waals surface area contributed by atoms with Crippen LogP contribution in [0.1, 0.15) is 0 Å². The maximum atomic E-state index is 6.95. The molecule has 0 aliphatic heterocycles. The van der Waals surface area contributed by atoms with Crippen molar-refractivity contribution in [2.75, 3.05) is 0 Å². The zero-order chi connectivity index (χ0) is 38.7. The first-order valence-corrected chi connectivity index (χ1v) is 16.8. The molecule has 0 atom stereocenters. The highest BCUT2D eigenvalue weighted by atomic mass is 14.3. The Morgan fingerprint density at radius 3 is 1.26 bits per heavy atom. The van der Waals surface area contributed by atoms with Gasteiger partial charge < -0.3 is 0 Å². The Morgan fingerprint density at radius 1 is 0.259 bits per heavy atom. The first-order chi connectivity index (χ1) is 25.6. The van der Waals surface area contributed by atoms with Gasteiger partial charge in [-0.15, -0.1) is 38.2 Å². The molecule has 0 nitrogen and oxygen atoms in total. The zero-order valence-electron chi connectivity index (χ0n) is 29.0. The van der Waals surface area contributed by atoms with Gasteiger partial charge in [0.05, 0.1) is 0 Å². The van der Waals surface area contributed by atoms with Crippen molar-refractivity contribution in [1.82, 2.24) is 0 Å². The quantitative estimate of drug-likeness (QED) is 0.133. The minimum Gasteiger partial charge on any atom is -0.110 e. The summed E-state index contributed by atoms with van der Waals surface area (Å²) in [4.78, 5) is 0. The van der Waals surface area contributed by atoms with Crippen LogP contribution in [0.2, 0.25) is 0 Å². The van der Waals surface area contributed by atoms with E-state index in [9.17, 15) is 0 Å². The Bertz CT molecular complexity index is 2960. The highest BCUT2D eigenvalue weighted by Gasteiger charge is 2.27. The molecule has 0 amide bonds. The number of fused-ring (bicyclic) bond motifs is 4. The highest BCUT2D eigenvalue weighted by molar-refractivity contribution is 6.73. The summed E-state index contributed by atoms with van der Waals surface area (Å²) in [6.45, 7) is 0. The maximum absolute atomic E-state index is 6.95. The van der Waals surface area contributed by atoms with Gasteiger partial charge in [0.25, 0.3) is 0 Å². The molecule has 214 valence electrons. The molecule has 0 aliphatic carbocycles. The molecule has 0 aliphatic rings. The second-order valence-corrected chi connectivity index (χ2v) is 13.5. The fourth-order valence-corrected chi connectivity index (χ4v) is 7.74. The maximum Gasteiger partial charge on any atom is 0.113 e. The van der Waals surface area contributed by atoms with Crippen LogP contribution >= 0.6 is 0 Å². The van der Waals surface area contributed by atoms with E-state index in [4.69, 9.17) is 110 Å². The molecule has 54 heavy (non-hydrogen) atoms. The van der Waals surface area contributed by atoms with E-state index in [0.29, 0.717) is 38.2 Å². The summed E-state index contributed by atoms with van der Waals surface area (Å²) in [5.41, 5.74) is 4.96. The van der Waals surface area contributed by atoms with Gasteiger partial charge in [0.1, 0.15) is 110 Å². The lowest BCUT2D eigenvalue weighted by Crippen LogP contribution is -2.52. The second kappa shape index (κ2) is 13.2. The number of hydrogen-bond donors (Lipinski definition) is 0. The lowest BCUT2D eigenvalue weighted by atomic mass is 9.57. The molecule has 0 bridgehead atoms. The summed E-state index contributed by atoms with van der Waals surface area (Å²) >= 11 is 0. The van der Waals surface area contributed by atoms with Crippen LogP contribution in [-0.4, -0.2) is 110 Å². The summed E-state index contributed by atoms with van der Waals surface area (Å²) < 4.78 is 0. The Balaban J connectivity index is 1.58. The van der Waals surface area contributed by atoms with E-state index in [1.165, 1.54) is 0 Å². The Labute approximate surface area is 333 Å². The summed E-state index contributed by atoms with van der Waals surface area (Å²) in [5, 5.41) is 4.45. The normalized spacial score (nSPS) is 11.6. The van der Waals surface area contributed by atoms with E-state index in [0.717, 1.165) is 21.9 Å². The Morgan fingerprint density at radius 2 is 0.685 bits per heavy atom. The van der Waals surface area contributed by atoms with Crippen molar-refractivity contribution in [2.24, 2.45) is 0 Å². The second-order valence-electron chi connectivity index (χ2n) is 13.5.